The molecule has 0 bridgehead atoms. The molecule has 0 heterocycles. The molecule has 127 valence electrons. The Balaban J connectivity index is -0.000000572. The van der Waals surface area contributed by atoms with E-state index in [1.807, 2.05) is 0 Å². The Kier molecular flexibility index (Phi) is 19.9. The average Bonchev–Trinajstić information content (AvgIpc) is 2.37. The van der Waals surface area contributed by atoms with Gasteiger partial charge in [0.15, 0.2) is 0 Å². The van der Waals surface area contributed by atoms with E-state index in [-0.39, 0.29) is 29.2 Å². The minimum Gasteiger partial charge on any atom is -0.153 e. The van der Waals surface area contributed by atoms with Crippen molar-refractivity contribution in [2.75, 3.05) is 0 Å². The van der Waals surface area contributed by atoms with E-state index in [1.54, 1.807) is 12.2 Å². The summed E-state index contributed by atoms with van der Waals surface area (Å²) >= 11 is -0.568. The van der Waals surface area contributed by atoms with Crippen LogP contribution in [0.15, 0.2) is 25.3 Å². The third-order valence-electron chi connectivity index (χ3n) is 1.72. The van der Waals surface area contributed by atoms with Gasteiger partial charge in [0, 0.05) is 0 Å². The minimum absolute atomic E-state index is 0. The molecule has 0 aliphatic carbocycles. The van der Waals surface area contributed by atoms with Gasteiger partial charge in [-0.15, -0.1) is 0 Å². The van der Waals surface area contributed by atoms with Crippen LogP contribution in [0.4, 0.5) is 0 Å². The van der Waals surface area contributed by atoms with Crippen molar-refractivity contribution >= 4 is 27.8 Å². The maximum Gasteiger partial charge on any atom is -0.153 e. The molecule has 0 spiro atoms. The van der Waals surface area contributed by atoms with E-state index in [4.69, 9.17) is 15.3 Å². The molecule has 0 saturated heterocycles. The van der Waals surface area contributed by atoms with Crippen LogP contribution in [0.2, 0.25) is 16.2 Å². The van der Waals surface area contributed by atoms with E-state index in [9.17, 15) is 14.4 Å². The van der Waals surface area contributed by atoms with Crippen LogP contribution in [-0.4, -0.2) is 33.2 Å². The first-order chi connectivity index (χ1) is 9.33. The van der Waals surface area contributed by atoms with Crippen LogP contribution in [0.5, 0.6) is 0 Å². The van der Waals surface area contributed by atoms with E-state index < -0.39 is 31.3 Å². The van der Waals surface area contributed by atoms with Crippen molar-refractivity contribution in [3.8, 4) is 0 Å². The topological polar surface area (TPSA) is 112 Å². The monoisotopic (exact) mass is 365 g/mol. The summed E-state index contributed by atoms with van der Waals surface area (Å²) in [6.07, 6.45) is 3.18. The Morgan fingerprint density at radius 1 is 0.762 bits per heavy atom. The molecule has 0 rings (SSSR count). The van der Waals surface area contributed by atoms with Crippen LogP contribution < -0.4 is 0 Å². The average molecular weight is 366 g/mol. The molecule has 21 heavy (non-hydrogen) atoms. The Morgan fingerprint density at radius 2 is 1.00 bits per heavy atom. The second kappa shape index (κ2) is 16.9. The molecule has 0 saturated carbocycles. The summed E-state index contributed by atoms with van der Waals surface area (Å²) < 4.78 is 0. The number of allylic oxidation sites excluding steroid dienone is 2. The van der Waals surface area contributed by atoms with Crippen molar-refractivity contribution in [3.05, 3.63) is 25.3 Å². The second-order valence-electron chi connectivity index (χ2n) is 3.35. The summed E-state index contributed by atoms with van der Waals surface area (Å²) in [5.41, 5.74) is 0. The van der Waals surface area contributed by atoms with Gasteiger partial charge in [0.1, 0.15) is 0 Å². The quantitative estimate of drug-likeness (QED) is 0.311. The molecule has 0 aliphatic heterocycles. The van der Waals surface area contributed by atoms with Gasteiger partial charge in [-0.3, -0.25) is 0 Å². The van der Waals surface area contributed by atoms with Crippen LogP contribution in [0.3, 0.4) is 0 Å². The summed E-state index contributed by atoms with van der Waals surface area (Å²) in [5, 5.41) is 26.6. The first-order valence-electron chi connectivity index (χ1n) is 5.66. The normalized spacial score (nSPS) is 9.24. The molecule has 1 atom stereocenters. The van der Waals surface area contributed by atoms with Crippen molar-refractivity contribution in [2.45, 2.75) is 35.4 Å². The largest absolute Gasteiger partial charge is 0.153 e. The number of hydrogen-bond acceptors (Lipinski definition) is 3. The second-order valence-corrected chi connectivity index (χ2v) is 6.31. The van der Waals surface area contributed by atoms with Crippen molar-refractivity contribution < 1.29 is 43.1 Å². The molecule has 0 fully saturated rings. The van der Waals surface area contributed by atoms with Gasteiger partial charge in [0.25, 0.3) is 0 Å². The fraction of sp³-hybridized carbons (Fsp3) is 0.462. The molecule has 1 unspecified atom stereocenters. The molecular weight excluding hydrogens is 342 g/mol. The number of hydrogen-bond donors (Lipinski definition) is 3. The Bertz CT molecular complexity index is 297. The summed E-state index contributed by atoms with van der Waals surface area (Å²) in [6, 6.07) is 0. The van der Waals surface area contributed by atoms with E-state index in [1.165, 1.54) is 0 Å². The van der Waals surface area contributed by atoms with Gasteiger partial charge in [-0.2, -0.15) is 9.90 Å². The molecule has 0 radical (unpaired) electrons. The van der Waals surface area contributed by atoms with Crippen molar-refractivity contribution in [2.24, 2.45) is 0 Å². The maximum absolute atomic E-state index is 10.4. The maximum atomic E-state index is 10.4. The first kappa shape index (κ1) is 24.8. The minimum atomic E-state index is -0.938. The van der Waals surface area contributed by atoms with Crippen molar-refractivity contribution in [3.63, 3.8) is 0 Å². The van der Waals surface area contributed by atoms with Crippen LogP contribution in [0.25, 0.3) is 0 Å². The SMILES string of the molecule is C=CC=C.O=C(O)C[CH2][Ni]([CH2]CC(=O)O)[CH2]CC(=O)O.P. The Morgan fingerprint density at radius 3 is 1.14 bits per heavy atom. The van der Waals surface area contributed by atoms with Crippen molar-refractivity contribution in [1.29, 1.82) is 0 Å². The zero-order chi connectivity index (χ0) is 16.0. The van der Waals surface area contributed by atoms with Gasteiger partial charge < -0.3 is 0 Å². The molecule has 0 aromatic carbocycles. The third kappa shape index (κ3) is 24.2. The molecular formula is C13H24NiO6P. The molecule has 3 N–H and O–H groups in total. The standard InChI is InChI=1S/C4H6.3C3H5O2.Ni.H3P/c1-3-4-2;3*1-2-3(4)5;;/h3-4H,1-2H2;3*1-2H2,(H,4,5);;1H3. The van der Waals surface area contributed by atoms with Crippen LogP contribution in [0.1, 0.15) is 19.3 Å². The number of carboxylic acids is 3. The van der Waals surface area contributed by atoms with Crippen LogP contribution >= 0.6 is 9.90 Å². The van der Waals surface area contributed by atoms with E-state index in [0.717, 1.165) is 0 Å². The Labute approximate surface area is 132 Å². The number of aliphatic carboxylic acids is 3. The molecule has 6 nitrogen and oxygen atoms in total. The summed E-state index contributed by atoms with van der Waals surface area (Å²) in [7, 11) is 0. The van der Waals surface area contributed by atoms with Crippen molar-refractivity contribution in [1.82, 2.24) is 0 Å². The number of carboxylic acid groups (broad SMARTS) is 3. The number of carbonyl (C=O) groups is 3. The molecule has 8 heteroatoms. The van der Waals surface area contributed by atoms with Gasteiger partial charge in [-0.1, -0.05) is 25.3 Å². The summed E-state index contributed by atoms with van der Waals surface area (Å²) in [5.74, 6) is -2.81. The van der Waals surface area contributed by atoms with Gasteiger partial charge in [0.2, 0.25) is 0 Å². The van der Waals surface area contributed by atoms with E-state index in [2.05, 4.69) is 13.2 Å². The predicted octanol–water partition coefficient (Wildman–Crippen LogP) is 2.70. The third-order valence-corrected chi connectivity index (χ3v) is 4.55. The van der Waals surface area contributed by atoms with Gasteiger partial charge in [-0.25, -0.2) is 0 Å². The smallest absolute Gasteiger partial charge is 0.153 e. The van der Waals surface area contributed by atoms with E-state index in [0.29, 0.717) is 16.2 Å². The van der Waals surface area contributed by atoms with Gasteiger partial charge in [0.05, 0.1) is 0 Å². The molecule has 0 aromatic heterocycles. The number of rotatable bonds is 10. The predicted molar refractivity (Wildman–Crippen MR) is 82.7 cm³/mol. The molecule has 0 amide bonds. The molecule has 0 aromatic rings. The fourth-order valence-electron chi connectivity index (χ4n) is 0.775. The Hall–Kier alpha value is -1.19. The first-order valence-corrected chi connectivity index (χ1v) is 7.76. The fourth-order valence-corrected chi connectivity index (χ4v) is 3.20. The zero-order valence-corrected chi connectivity index (χ0v) is 14.3. The van der Waals surface area contributed by atoms with Gasteiger partial charge >= 0.3 is 96.5 Å². The molecule has 0 aliphatic rings. The summed E-state index contributed by atoms with van der Waals surface area (Å²) in [4.78, 5) is 31.1. The van der Waals surface area contributed by atoms with Gasteiger partial charge in [-0.05, 0) is 0 Å². The zero-order valence-electron chi connectivity index (χ0n) is 11.9. The van der Waals surface area contributed by atoms with E-state index >= 15 is 0 Å². The summed E-state index contributed by atoms with van der Waals surface area (Å²) in [6.45, 7) is 6.72. The van der Waals surface area contributed by atoms with Crippen LogP contribution in [0, 0.1) is 0 Å². The van der Waals surface area contributed by atoms with Crippen LogP contribution in [-0.2, 0) is 27.8 Å².